The van der Waals surface area contributed by atoms with Crippen LogP contribution in [0.5, 0.6) is 0 Å². The molecule has 3 aromatic heterocycles. The number of aromatic nitrogens is 5. The van der Waals surface area contributed by atoms with Crippen molar-refractivity contribution in [3.05, 3.63) is 55.5 Å². The Morgan fingerprint density at radius 3 is 2.56 bits per heavy atom. The fourth-order valence-corrected chi connectivity index (χ4v) is 3.71. The van der Waals surface area contributed by atoms with Gasteiger partial charge in [-0.15, -0.1) is 16.4 Å². The molecule has 0 saturated heterocycles. The van der Waals surface area contributed by atoms with Crippen LogP contribution >= 0.6 is 11.3 Å². The summed E-state index contributed by atoms with van der Waals surface area (Å²) in [6, 6.07) is 4.18. The summed E-state index contributed by atoms with van der Waals surface area (Å²) in [5.74, 6) is 0.217. The van der Waals surface area contributed by atoms with Crippen LogP contribution in [-0.4, -0.2) is 30.5 Å². The molecular weight excluding hydrogens is 364 g/mol. The van der Waals surface area contributed by atoms with Gasteiger partial charge in [-0.1, -0.05) is 0 Å². The lowest BCUT2D eigenvalue weighted by molar-refractivity contribution is -0.124. The molecular formula is C18H22N6O2S. The molecule has 0 saturated carbocycles. The Kier molecular flexibility index (Phi) is 5.22. The van der Waals surface area contributed by atoms with Crippen LogP contribution in [0.15, 0.2) is 23.0 Å². The molecule has 27 heavy (non-hydrogen) atoms. The monoisotopic (exact) mass is 386 g/mol. The predicted octanol–water partition coefficient (Wildman–Crippen LogP) is 2.00. The molecule has 3 heterocycles. The Labute approximate surface area is 160 Å². The molecule has 0 aromatic carbocycles. The van der Waals surface area contributed by atoms with Crippen molar-refractivity contribution in [1.82, 2.24) is 29.9 Å². The molecule has 0 aliphatic rings. The van der Waals surface area contributed by atoms with Gasteiger partial charge in [-0.25, -0.2) is 14.3 Å². The second kappa shape index (κ2) is 7.43. The summed E-state index contributed by atoms with van der Waals surface area (Å²) < 4.78 is 2.84. The van der Waals surface area contributed by atoms with Crippen molar-refractivity contribution >= 4 is 17.2 Å². The largest absolute Gasteiger partial charge is 0.349 e. The zero-order chi connectivity index (χ0) is 19.7. The summed E-state index contributed by atoms with van der Waals surface area (Å²) in [5, 5.41) is 12.5. The highest BCUT2D eigenvalue weighted by Crippen LogP contribution is 2.17. The van der Waals surface area contributed by atoms with E-state index in [1.165, 1.54) is 10.7 Å². The first-order valence-corrected chi connectivity index (χ1v) is 9.42. The van der Waals surface area contributed by atoms with Gasteiger partial charge < -0.3 is 5.32 Å². The van der Waals surface area contributed by atoms with Crippen molar-refractivity contribution in [1.29, 1.82) is 0 Å². The van der Waals surface area contributed by atoms with Crippen molar-refractivity contribution in [3.8, 4) is 5.82 Å². The van der Waals surface area contributed by atoms with Gasteiger partial charge in [0.2, 0.25) is 5.91 Å². The number of hydrogen-bond acceptors (Lipinski definition) is 6. The number of rotatable bonds is 5. The van der Waals surface area contributed by atoms with Crippen molar-refractivity contribution in [2.75, 3.05) is 0 Å². The molecule has 0 aliphatic heterocycles. The van der Waals surface area contributed by atoms with Gasteiger partial charge in [-0.3, -0.25) is 9.59 Å². The zero-order valence-corrected chi connectivity index (χ0v) is 16.8. The Balaban J connectivity index is 1.81. The van der Waals surface area contributed by atoms with E-state index >= 15 is 0 Å². The number of carbonyl (C=O) groups excluding carboxylic acids is 1. The van der Waals surface area contributed by atoms with E-state index in [-0.39, 0.29) is 11.5 Å². The van der Waals surface area contributed by atoms with Crippen LogP contribution in [0, 0.1) is 27.7 Å². The van der Waals surface area contributed by atoms with E-state index in [2.05, 4.69) is 20.5 Å². The first kappa shape index (κ1) is 19.0. The number of thiazole rings is 1. The second-order valence-corrected chi connectivity index (χ2v) is 7.74. The third-order valence-corrected chi connectivity index (χ3v) is 5.28. The van der Waals surface area contributed by atoms with Crippen LogP contribution in [0.4, 0.5) is 0 Å². The van der Waals surface area contributed by atoms with Gasteiger partial charge in [0, 0.05) is 16.6 Å². The van der Waals surface area contributed by atoms with Crippen LogP contribution in [0.1, 0.15) is 39.9 Å². The van der Waals surface area contributed by atoms with Crippen LogP contribution in [0.2, 0.25) is 0 Å². The smallest absolute Gasteiger partial charge is 0.267 e. The number of carbonyl (C=O) groups is 1. The minimum absolute atomic E-state index is 0.277. The topological polar surface area (TPSA) is 94.7 Å². The molecule has 1 atom stereocenters. The van der Waals surface area contributed by atoms with Crippen LogP contribution in [0.3, 0.4) is 0 Å². The maximum Gasteiger partial charge on any atom is 0.267 e. The molecule has 1 N–H and O–H groups in total. The van der Waals surface area contributed by atoms with Crippen LogP contribution in [-0.2, 0) is 11.3 Å². The standard InChI is InChI=1S/C18H22N6O2S/c1-10-8-11(2)23(21-10)16-6-7-17(25)24(22-16)13(4)18(26)19-9-15-12(3)20-14(5)27-15/h6-8,13H,9H2,1-5H3,(H,19,26). The zero-order valence-electron chi connectivity index (χ0n) is 16.0. The number of hydrogen-bond donors (Lipinski definition) is 1. The lowest BCUT2D eigenvalue weighted by Gasteiger charge is -2.15. The summed E-state index contributed by atoms with van der Waals surface area (Å²) >= 11 is 1.55. The third kappa shape index (κ3) is 3.97. The van der Waals surface area contributed by atoms with Crippen molar-refractivity contribution in [2.45, 2.75) is 47.2 Å². The Morgan fingerprint density at radius 1 is 1.22 bits per heavy atom. The van der Waals surface area contributed by atoms with Gasteiger partial charge in [0.15, 0.2) is 5.82 Å². The average molecular weight is 386 g/mol. The van der Waals surface area contributed by atoms with Crippen LogP contribution in [0.25, 0.3) is 5.82 Å². The normalized spacial score (nSPS) is 12.2. The first-order chi connectivity index (χ1) is 12.8. The maximum atomic E-state index is 12.6. The SMILES string of the molecule is Cc1cc(C)n(-c2ccc(=O)n(C(C)C(=O)NCc3sc(C)nc3C)n2)n1. The molecule has 0 bridgehead atoms. The highest BCUT2D eigenvalue weighted by molar-refractivity contribution is 7.11. The van der Waals surface area contributed by atoms with E-state index in [1.807, 2.05) is 33.8 Å². The van der Waals surface area contributed by atoms with E-state index in [9.17, 15) is 9.59 Å². The first-order valence-electron chi connectivity index (χ1n) is 8.60. The number of nitrogens with one attached hydrogen (secondary N) is 1. The van der Waals surface area contributed by atoms with Crippen LogP contribution < -0.4 is 10.9 Å². The van der Waals surface area contributed by atoms with Gasteiger partial charge in [0.25, 0.3) is 5.56 Å². The van der Waals surface area contributed by atoms with Gasteiger partial charge in [-0.2, -0.15) is 5.10 Å². The minimum atomic E-state index is -0.747. The van der Waals surface area contributed by atoms with Gasteiger partial charge in [0.05, 0.1) is 22.9 Å². The highest BCUT2D eigenvalue weighted by Gasteiger charge is 2.19. The Morgan fingerprint density at radius 2 is 1.96 bits per heavy atom. The predicted molar refractivity (Wildman–Crippen MR) is 103 cm³/mol. The highest BCUT2D eigenvalue weighted by atomic mass is 32.1. The van der Waals surface area contributed by atoms with Gasteiger partial charge in [0.1, 0.15) is 6.04 Å². The summed E-state index contributed by atoms with van der Waals surface area (Å²) in [6.07, 6.45) is 0. The van der Waals surface area contributed by atoms with E-state index < -0.39 is 6.04 Å². The molecule has 3 rings (SSSR count). The van der Waals surface area contributed by atoms with Crippen molar-refractivity contribution < 1.29 is 4.79 Å². The van der Waals surface area contributed by atoms with E-state index in [1.54, 1.807) is 29.0 Å². The van der Waals surface area contributed by atoms with E-state index in [4.69, 9.17) is 0 Å². The maximum absolute atomic E-state index is 12.6. The number of aryl methyl sites for hydroxylation is 4. The molecule has 0 fully saturated rings. The molecule has 1 unspecified atom stereocenters. The summed E-state index contributed by atoms with van der Waals surface area (Å²) in [6.45, 7) is 9.68. The van der Waals surface area contributed by atoms with Crippen molar-refractivity contribution in [2.24, 2.45) is 0 Å². The quantitative estimate of drug-likeness (QED) is 0.724. The summed E-state index contributed by atoms with van der Waals surface area (Å²) in [5.41, 5.74) is 2.33. The van der Waals surface area contributed by atoms with Gasteiger partial charge >= 0.3 is 0 Å². The fourth-order valence-electron chi connectivity index (χ4n) is 2.83. The number of amides is 1. The summed E-state index contributed by atoms with van der Waals surface area (Å²) in [7, 11) is 0. The third-order valence-electron chi connectivity index (χ3n) is 4.21. The molecule has 9 heteroatoms. The molecule has 8 nitrogen and oxygen atoms in total. The Bertz CT molecular complexity index is 1050. The molecule has 0 spiro atoms. The van der Waals surface area contributed by atoms with Gasteiger partial charge in [-0.05, 0) is 46.8 Å². The van der Waals surface area contributed by atoms with Crippen molar-refractivity contribution in [3.63, 3.8) is 0 Å². The molecule has 3 aromatic rings. The van der Waals surface area contributed by atoms with E-state index in [0.717, 1.165) is 27.0 Å². The lowest BCUT2D eigenvalue weighted by atomic mass is 10.3. The van der Waals surface area contributed by atoms with E-state index in [0.29, 0.717) is 12.4 Å². The summed E-state index contributed by atoms with van der Waals surface area (Å²) in [4.78, 5) is 30.2. The fraction of sp³-hybridized carbons (Fsp3) is 0.389. The minimum Gasteiger partial charge on any atom is -0.349 e. The second-order valence-electron chi connectivity index (χ2n) is 6.45. The molecule has 0 radical (unpaired) electrons. The average Bonchev–Trinajstić information content (AvgIpc) is 3.12. The Hall–Kier alpha value is -2.81. The number of nitrogens with zero attached hydrogens (tertiary/aromatic N) is 5. The lowest BCUT2D eigenvalue weighted by Crippen LogP contribution is -2.37. The molecule has 0 aliphatic carbocycles. The molecule has 1 amide bonds. The molecule has 142 valence electrons.